The minimum atomic E-state index is -1.05. The summed E-state index contributed by atoms with van der Waals surface area (Å²) in [6.45, 7) is 3.40. The molecule has 0 spiro atoms. The van der Waals surface area contributed by atoms with Crippen molar-refractivity contribution in [3.05, 3.63) is 32.9 Å². The van der Waals surface area contributed by atoms with Crippen molar-refractivity contribution in [2.24, 2.45) is 9.98 Å². The molecule has 0 aromatic heterocycles. The molecule has 22 heavy (non-hydrogen) atoms. The van der Waals surface area contributed by atoms with Crippen LogP contribution in [-0.2, 0) is 4.74 Å². The smallest absolute Gasteiger partial charge is 0.229 e. The van der Waals surface area contributed by atoms with Gasteiger partial charge >= 0.3 is 0 Å². The third kappa shape index (κ3) is 3.76. The van der Waals surface area contributed by atoms with Gasteiger partial charge in [0.15, 0.2) is 0 Å². The van der Waals surface area contributed by atoms with Gasteiger partial charge in [0.2, 0.25) is 5.79 Å². The Bertz CT molecular complexity index is 649. The molecule has 0 radical (unpaired) electrons. The molecule has 1 atom stereocenters. The number of ether oxygens (including phenoxy) is 1. The molecule has 1 aliphatic rings. The first-order chi connectivity index (χ1) is 10.4. The maximum absolute atomic E-state index is 9.11. The monoisotopic (exact) mass is 347 g/mol. The fourth-order valence-electron chi connectivity index (χ4n) is 2.17. The molecule has 0 amide bonds. The lowest BCUT2D eigenvalue weighted by Gasteiger charge is -2.28. The summed E-state index contributed by atoms with van der Waals surface area (Å²) in [6, 6.07) is 3.49. The molecule has 122 valence electrons. The number of aliphatic hydroxyl groups is 2. The zero-order valence-electron chi connectivity index (χ0n) is 12.4. The van der Waals surface area contributed by atoms with Gasteiger partial charge < -0.3 is 14.9 Å². The summed E-state index contributed by atoms with van der Waals surface area (Å²) >= 11 is 12.2. The number of nitrogens with one attached hydrogen (secondary N) is 1. The first-order valence-corrected chi connectivity index (χ1v) is 7.71. The van der Waals surface area contributed by atoms with Crippen LogP contribution in [0.3, 0.4) is 0 Å². The summed E-state index contributed by atoms with van der Waals surface area (Å²) in [5, 5.41) is 23.3. The molecule has 3 N–H and O–H groups in total. The van der Waals surface area contributed by atoms with Crippen LogP contribution < -0.4 is 16.0 Å². The highest BCUT2D eigenvalue weighted by Gasteiger charge is 2.34. The normalized spacial score (nSPS) is 20.2. The van der Waals surface area contributed by atoms with Crippen LogP contribution in [0, 0.1) is 0 Å². The van der Waals surface area contributed by atoms with Gasteiger partial charge in [0.05, 0.1) is 28.6 Å². The topological polar surface area (TPSA) is 86.4 Å². The van der Waals surface area contributed by atoms with Crippen molar-refractivity contribution in [3.8, 4) is 0 Å². The fourth-order valence-corrected chi connectivity index (χ4v) is 2.52. The maximum atomic E-state index is 9.11. The van der Waals surface area contributed by atoms with E-state index in [1.54, 1.807) is 12.1 Å². The number of nitrogens with zero attached hydrogens (tertiary/aromatic N) is 2. The molecule has 1 aromatic carbocycles. The van der Waals surface area contributed by atoms with Gasteiger partial charge in [-0.05, 0) is 26.0 Å². The summed E-state index contributed by atoms with van der Waals surface area (Å²) in [6.07, 6.45) is -0.681. The molecular weight excluding hydrogens is 329 g/mol. The van der Waals surface area contributed by atoms with E-state index < -0.39 is 11.9 Å². The highest BCUT2D eigenvalue weighted by molar-refractivity contribution is 6.41. The van der Waals surface area contributed by atoms with Crippen molar-refractivity contribution in [2.45, 2.75) is 31.8 Å². The first kappa shape index (κ1) is 17.6. The van der Waals surface area contributed by atoms with E-state index in [1.165, 1.54) is 0 Å². The van der Waals surface area contributed by atoms with Gasteiger partial charge in [0.25, 0.3) is 0 Å². The van der Waals surface area contributed by atoms with E-state index in [-0.39, 0.29) is 25.9 Å². The Morgan fingerprint density at radius 2 is 1.91 bits per heavy atom. The van der Waals surface area contributed by atoms with E-state index in [1.807, 2.05) is 13.8 Å². The average molecular weight is 348 g/mol. The molecule has 1 aliphatic heterocycles. The van der Waals surface area contributed by atoms with Gasteiger partial charge in [0, 0.05) is 6.04 Å². The van der Waals surface area contributed by atoms with E-state index in [9.17, 15) is 0 Å². The zero-order valence-corrected chi connectivity index (χ0v) is 13.9. The van der Waals surface area contributed by atoms with E-state index in [2.05, 4.69) is 15.3 Å². The van der Waals surface area contributed by atoms with Crippen molar-refractivity contribution in [1.29, 1.82) is 0 Å². The van der Waals surface area contributed by atoms with Crippen molar-refractivity contribution in [3.63, 3.8) is 0 Å². The van der Waals surface area contributed by atoms with Crippen LogP contribution in [0.15, 0.2) is 22.1 Å². The Hall–Kier alpha value is -0.760. The number of aliphatic hydroxyl groups excluding tert-OH is 2. The Morgan fingerprint density at radius 3 is 2.50 bits per heavy atom. The maximum Gasteiger partial charge on any atom is 0.229 e. The third-order valence-corrected chi connectivity index (χ3v) is 3.89. The summed E-state index contributed by atoms with van der Waals surface area (Å²) < 4.78 is 5.50. The minimum absolute atomic E-state index is 0.0552. The van der Waals surface area contributed by atoms with Gasteiger partial charge in [0.1, 0.15) is 18.1 Å². The number of hydrogen-bond donors (Lipinski definition) is 3. The lowest BCUT2D eigenvalue weighted by Crippen LogP contribution is -2.50. The number of halogens is 2. The molecule has 0 saturated heterocycles. The van der Waals surface area contributed by atoms with Crippen molar-refractivity contribution >= 4 is 23.2 Å². The second kappa shape index (κ2) is 7.21. The fraction of sp³-hybridized carbons (Fsp3) is 0.571. The van der Waals surface area contributed by atoms with Gasteiger partial charge in [-0.15, -0.1) is 0 Å². The zero-order chi connectivity index (χ0) is 16.3. The van der Waals surface area contributed by atoms with Gasteiger partial charge in [-0.3, -0.25) is 5.32 Å². The highest BCUT2D eigenvalue weighted by atomic mass is 35.5. The SMILES string of the molecule is CC(C)NC1(COC(CO)CO)N=c2ccc(Cl)c(Cl)c2=N1. The van der Waals surface area contributed by atoms with Crippen LogP contribution >= 0.6 is 23.2 Å². The molecule has 2 rings (SSSR count). The van der Waals surface area contributed by atoms with Crippen LogP contribution in [0.25, 0.3) is 0 Å². The molecule has 0 bridgehead atoms. The van der Waals surface area contributed by atoms with Crippen LogP contribution in [-0.4, -0.2) is 48.0 Å². The number of fused-ring (bicyclic) bond motifs is 1. The molecule has 1 unspecified atom stereocenters. The Morgan fingerprint density at radius 1 is 1.23 bits per heavy atom. The predicted octanol–water partition coefficient (Wildman–Crippen LogP) is 0.268. The van der Waals surface area contributed by atoms with E-state index >= 15 is 0 Å². The molecule has 8 heteroatoms. The van der Waals surface area contributed by atoms with Gasteiger partial charge in [-0.25, -0.2) is 9.98 Å². The van der Waals surface area contributed by atoms with E-state index in [0.717, 1.165) is 0 Å². The quantitative estimate of drug-likeness (QED) is 0.660. The summed E-state index contributed by atoms with van der Waals surface area (Å²) in [5.41, 5.74) is 0. The Labute approximate surface area is 138 Å². The molecule has 1 heterocycles. The summed E-state index contributed by atoms with van der Waals surface area (Å²) in [4.78, 5) is 9.10. The Kier molecular flexibility index (Phi) is 5.76. The summed E-state index contributed by atoms with van der Waals surface area (Å²) in [7, 11) is 0. The second-order valence-corrected chi connectivity index (χ2v) is 6.15. The molecular formula is C14H19Cl2N3O3. The van der Waals surface area contributed by atoms with Crippen molar-refractivity contribution < 1.29 is 14.9 Å². The molecule has 6 nitrogen and oxygen atoms in total. The van der Waals surface area contributed by atoms with Gasteiger partial charge in [-0.1, -0.05) is 23.2 Å². The van der Waals surface area contributed by atoms with Crippen LogP contribution in [0.4, 0.5) is 0 Å². The van der Waals surface area contributed by atoms with Crippen molar-refractivity contribution in [2.75, 3.05) is 19.8 Å². The largest absolute Gasteiger partial charge is 0.394 e. The van der Waals surface area contributed by atoms with Crippen LogP contribution in [0.2, 0.25) is 10.0 Å². The predicted molar refractivity (Wildman–Crippen MR) is 83.7 cm³/mol. The van der Waals surface area contributed by atoms with Crippen LogP contribution in [0.1, 0.15) is 13.8 Å². The minimum Gasteiger partial charge on any atom is -0.394 e. The second-order valence-electron chi connectivity index (χ2n) is 5.37. The van der Waals surface area contributed by atoms with E-state index in [4.69, 9.17) is 38.2 Å². The first-order valence-electron chi connectivity index (χ1n) is 6.95. The number of rotatable bonds is 7. The molecule has 0 saturated carbocycles. The third-order valence-electron chi connectivity index (χ3n) is 3.10. The van der Waals surface area contributed by atoms with Crippen LogP contribution in [0.5, 0.6) is 0 Å². The summed E-state index contributed by atoms with van der Waals surface area (Å²) in [5.74, 6) is -1.05. The van der Waals surface area contributed by atoms with E-state index in [0.29, 0.717) is 20.8 Å². The van der Waals surface area contributed by atoms with Gasteiger partial charge in [-0.2, -0.15) is 0 Å². The average Bonchev–Trinajstić information content (AvgIpc) is 2.83. The molecule has 0 aliphatic carbocycles. The number of benzene rings is 1. The standard InChI is InChI=1S/C14H19Cl2N3O3/c1-8(2)17-14(7-22-9(5-20)6-21)18-11-4-3-10(15)12(16)13(11)19-14/h3-4,8-9,17,20-21H,5-7H2,1-2H3. The van der Waals surface area contributed by atoms with Crippen molar-refractivity contribution in [1.82, 2.24) is 5.32 Å². The lowest BCUT2D eigenvalue weighted by molar-refractivity contribution is -0.0433. The lowest BCUT2D eigenvalue weighted by atomic mass is 10.3. The Balaban J connectivity index is 2.36. The molecule has 1 aromatic rings. The number of hydrogen-bond acceptors (Lipinski definition) is 6. The highest BCUT2D eigenvalue weighted by Crippen LogP contribution is 2.19. The molecule has 0 fully saturated rings.